The number of aromatic nitrogens is 1. The number of carbonyl (C=O) groups is 4. The Bertz CT molecular complexity index is 2270. The Morgan fingerprint density at radius 2 is 1.81 bits per heavy atom. The molecule has 2 saturated carbocycles. The Kier molecular flexibility index (Phi) is 13.1. The number of ether oxygens (including phenoxy) is 4. The molecule has 7 atom stereocenters. The van der Waals surface area contributed by atoms with Crippen molar-refractivity contribution >= 4 is 50.3 Å². The van der Waals surface area contributed by atoms with Gasteiger partial charge < -0.3 is 39.4 Å². The van der Waals surface area contributed by atoms with Crippen LogP contribution in [0, 0.1) is 17.8 Å². The molecular weight excluding hydrogens is 862 g/mol. The van der Waals surface area contributed by atoms with Crippen LogP contribution >= 0.6 is 0 Å². The lowest BCUT2D eigenvalue weighted by Gasteiger charge is -2.35. The number of amides is 4. The van der Waals surface area contributed by atoms with Crippen molar-refractivity contribution < 1.29 is 59.7 Å². The number of benzene rings is 1. The molecule has 20 heteroatoms. The van der Waals surface area contributed by atoms with Gasteiger partial charge in [-0.1, -0.05) is 32.4 Å². The van der Waals surface area contributed by atoms with Crippen molar-refractivity contribution in [2.75, 3.05) is 44.9 Å². The third kappa shape index (κ3) is 9.58. The lowest BCUT2D eigenvalue weighted by Crippen LogP contribution is -2.60. The van der Waals surface area contributed by atoms with Crippen LogP contribution in [0.1, 0.15) is 86.0 Å². The van der Waals surface area contributed by atoms with Crippen molar-refractivity contribution in [2.45, 2.75) is 126 Å². The van der Waals surface area contributed by atoms with Gasteiger partial charge in [-0.2, -0.15) is 13.2 Å². The van der Waals surface area contributed by atoms with Crippen LogP contribution in [-0.2, 0) is 33.9 Å². The van der Waals surface area contributed by atoms with Crippen molar-refractivity contribution in [1.29, 1.82) is 0 Å². The minimum atomic E-state index is -4.92. The highest BCUT2D eigenvalue weighted by Gasteiger charge is 2.63. The van der Waals surface area contributed by atoms with E-state index >= 15 is 4.79 Å². The zero-order valence-electron chi connectivity index (χ0n) is 37.1. The number of alkyl carbamates (subject to hydrolysis) is 1. The number of allylic oxidation sites excluding steroid dienone is 1. The van der Waals surface area contributed by atoms with Gasteiger partial charge in [-0.05, 0) is 89.3 Å². The summed E-state index contributed by atoms with van der Waals surface area (Å²) in [5, 5.41) is 6.68. The Labute approximate surface area is 371 Å². The van der Waals surface area contributed by atoms with Gasteiger partial charge in [0.25, 0.3) is 5.91 Å². The maximum absolute atomic E-state index is 15.1. The quantitative estimate of drug-likeness (QED) is 0.266. The van der Waals surface area contributed by atoms with Gasteiger partial charge in [0.05, 0.1) is 43.5 Å². The maximum Gasteiger partial charge on any atom is 0.427 e. The average molecular weight is 921 g/mol. The van der Waals surface area contributed by atoms with Crippen LogP contribution in [0.15, 0.2) is 36.5 Å². The molecule has 4 amide bonds. The first-order valence-electron chi connectivity index (χ1n) is 22.0. The van der Waals surface area contributed by atoms with Gasteiger partial charge in [0.2, 0.25) is 33.3 Å². The highest BCUT2D eigenvalue weighted by Crippen LogP contribution is 2.48. The Balaban J connectivity index is 1.25. The van der Waals surface area contributed by atoms with Gasteiger partial charge in [0.1, 0.15) is 29.5 Å². The number of hydrogen-bond acceptors (Lipinski definition) is 12. The van der Waals surface area contributed by atoms with Gasteiger partial charge in [0.15, 0.2) is 0 Å². The number of nitrogens with one attached hydrogen (secondary N) is 3. The van der Waals surface area contributed by atoms with Crippen LogP contribution in [0.5, 0.6) is 11.6 Å². The predicted molar refractivity (Wildman–Crippen MR) is 229 cm³/mol. The molecule has 2 aliphatic carbocycles. The van der Waals surface area contributed by atoms with E-state index in [2.05, 4.69) is 20.3 Å². The van der Waals surface area contributed by atoms with Crippen molar-refractivity contribution in [1.82, 2.24) is 25.2 Å². The molecule has 7 rings (SSSR count). The molecule has 3 aliphatic heterocycles. The number of morpholine rings is 1. The number of halogens is 3. The summed E-state index contributed by atoms with van der Waals surface area (Å²) in [5.74, 6) is -2.84. The number of sulfonamides is 1. The minimum Gasteiger partial charge on any atom is -0.497 e. The molecule has 0 bridgehead atoms. The normalized spacial score (nSPS) is 28.8. The van der Waals surface area contributed by atoms with E-state index in [1.54, 1.807) is 45.4 Å². The molecule has 0 spiro atoms. The van der Waals surface area contributed by atoms with Crippen LogP contribution in [0.25, 0.3) is 10.8 Å². The second-order valence-electron chi connectivity index (χ2n) is 18.6. The topological polar surface area (TPSA) is 195 Å². The smallest absolute Gasteiger partial charge is 0.427 e. The summed E-state index contributed by atoms with van der Waals surface area (Å²) in [4.78, 5) is 65.3. The van der Waals surface area contributed by atoms with E-state index in [1.807, 2.05) is 19.1 Å². The third-order valence-electron chi connectivity index (χ3n) is 13.6. The second-order valence-corrected chi connectivity index (χ2v) is 20.8. The molecule has 1 aromatic carbocycles. The largest absolute Gasteiger partial charge is 0.497 e. The fourth-order valence-corrected chi connectivity index (χ4v) is 10.2. The van der Waals surface area contributed by atoms with Gasteiger partial charge in [-0.25, -0.2) is 18.2 Å². The summed E-state index contributed by atoms with van der Waals surface area (Å²) in [6, 6.07) is 2.64. The van der Waals surface area contributed by atoms with Gasteiger partial charge in [-0.3, -0.25) is 19.1 Å². The molecule has 1 aromatic heterocycles. The Morgan fingerprint density at radius 1 is 1.09 bits per heavy atom. The van der Waals surface area contributed by atoms with Gasteiger partial charge >= 0.3 is 12.3 Å². The monoisotopic (exact) mass is 920 g/mol. The third-order valence-corrected chi connectivity index (χ3v) is 15.7. The van der Waals surface area contributed by atoms with Crippen LogP contribution in [0.2, 0.25) is 0 Å². The van der Waals surface area contributed by atoms with Crippen molar-refractivity contribution in [3.63, 3.8) is 0 Å². The minimum absolute atomic E-state index is 0.0419. The summed E-state index contributed by atoms with van der Waals surface area (Å²) in [5.41, 5.74) is -3.73. The average Bonchev–Trinajstić information content (AvgIpc) is 4.13. The first-order chi connectivity index (χ1) is 30.1. The number of fused-ring (bicyclic) bond motifs is 3. The number of pyridine rings is 1. The number of anilines is 1. The molecule has 16 nitrogen and oxygen atoms in total. The maximum atomic E-state index is 15.1. The lowest BCUT2D eigenvalue weighted by molar-refractivity contribution is -0.244. The SMILES string of the molecule is CC[C@@H]1C[C@H](C)CCC=C[C@@H]2C[C@@]2(C(=O)NS(=O)(=O)C2(C)CC2)NC(=O)[C@@H]2C[C@@H](Oc3ncc(N4CCOCC4)c4cc(OC)ccc34)CN2C(=O)[C@H]1NC(=O)OC(C)(C)C(F)(F)F. The van der Waals surface area contributed by atoms with Gasteiger partial charge in [0, 0.05) is 36.2 Å². The van der Waals surface area contributed by atoms with E-state index in [0.717, 1.165) is 11.1 Å². The zero-order valence-corrected chi connectivity index (χ0v) is 37.9. The molecule has 2 aromatic rings. The standard InChI is InChI=1S/C44H59F3N6O10S/c1-7-27-20-26(2)10-8-9-11-28-23-43(28,39(56)51-64(58,59)42(5)14-15-42)50-36(54)33-22-30(25-53(33)38(55)35(27)49-40(57)63-41(3,4)44(45,46)47)62-37-31-13-12-29(60-6)21-32(31)34(24-48-37)52-16-18-61-19-17-52/h9,11-13,21,24,26-28,30,33,35H,7-8,10,14-20,22-23,25H2,1-6H3,(H,49,57)(H,50,54)(H,51,56)/t26-,27-,28-,30-,33+,35+,43-/m1/s1. The number of carbonyl (C=O) groups excluding carboxylic acids is 4. The van der Waals surface area contributed by atoms with Crippen LogP contribution < -0.4 is 29.7 Å². The van der Waals surface area contributed by atoms with E-state index < -0.39 is 85.9 Å². The van der Waals surface area contributed by atoms with Gasteiger partial charge in [-0.15, -0.1) is 0 Å². The van der Waals surface area contributed by atoms with E-state index in [9.17, 15) is 36.0 Å². The highest BCUT2D eigenvalue weighted by atomic mass is 32.2. The molecule has 3 N–H and O–H groups in total. The molecule has 4 fully saturated rings. The highest BCUT2D eigenvalue weighted by molar-refractivity contribution is 7.91. The zero-order chi connectivity index (χ0) is 46.4. The van der Waals surface area contributed by atoms with Crippen LogP contribution in [0.3, 0.4) is 0 Å². The van der Waals surface area contributed by atoms with E-state index in [4.69, 9.17) is 23.9 Å². The number of hydrogen-bond donors (Lipinski definition) is 3. The summed E-state index contributed by atoms with van der Waals surface area (Å²) in [6.45, 7) is 8.80. The lowest BCUT2D eigenvalue weighted by atomic mass is 9.85. The predicted octanol–water partition coefficient (Wildman–Crippen LogP) is 5.14. The summed E-state index contributed by atoms with van der Waals surface area (Å²) >= 11 is 0. The number of rotatable bonds is 10. The van der Waals surface area contributed by atoms with Crippen molar-refractivity contribution in [3.8, 4) is 11.6 Å². The summed E-state index contributed by atoms with van der Waals surface area (Å²) in [6.07, 6.45) is 0.668. The van der Waals surface area contributed by atoms with E-state index in [-0.39, 0.29) is 31.2 Å². The molecule has 0 unspecified atom stereocenters. The number of alkyl halides is 3. The molecule has 352 valence electrons. The fraction of sp³-hybridized carbons (Fsp3) is 0.659. The Morgan fingerprint density at radius 3 is 2.47 bits per heavy atom. The van der Waals surface area contributed by atoms with Crippen LogP contribution in [-0.4, -0.2) is 122 Å². The molecule has 64 heavy (non-hydrogen) atoms. The number of methoxy groups -OCH3 is 1. The van der Waals surface area contributed by atoms with E-state index in [0.29, 0.717) is 89.8 Å². The van der Waals surface area contributed by atoms with Crippen LogP contribution in [0.4, 0.5) is 23.7 Å². The first-order valence-corrected chi connectivity index (χ1v) is 23.5. The fourth-order valence-electron chi connectivity index (χ4n) is 8.88. The first kappa shape index (κ1) is 47.1. The molecular formula is C44H59F3N6O10S. The molecule has 4 heterocycles. The molecule has 5 aliphatic rings. The molecule has 0 radical (unpaired) electrons. The Hall–Kier alpha value is -4.85. The second kappa shape index (κ2) is 17.9. The van der Waals surface area contributed by atoms with Crippen molar-refractivity contribution in [3.05, 3.63) is 36.5 Å². The molecule has 2 saturated heterocycles. The van der Waals surface area contributed by atoms with Crippen molar-refractivity contribution in [2.24, 2.45) is 17.8 Å². The summed E-state index contributed by atoms with van der Waals surface area (Å²) < 4.78 is 92.0. The summed E-state index contributed by atoms with van der Waals surface area (Å²) in [7, 11) is -2.54. The number of nitrogens with zero attached hydrogens (tertiary/aromatic N) is 3. The van der Waals surface area contributed by atoms with E-state index in [1.165, 1.54) is 4.90 Å².